The molecule has 1 aromatic heterocycles. The van der Waals surface area contributed by atoms with E-state index in [0.29, 0.717) is 6.61 Å². The molecule has 14 heteroatoms. The molecule has 186 valence electrons. The van der Waals surface area contributed by atoms with E-state index in [1.54, 1.807) is 6.92 Å². The average Bonchev–Trinajstić information content (AvgIpc) is 3.66. The molecule has 1 aliphatic rings. The van der Waals surface area contributed by atoms with Crippen molar-refractivity contribution in [2.75, 3.05) is 6.61 Å². The van der Waals surface area contributed by atoms with Gasteiger partial charge in [0.1, 0.15) is 11.9 Å². The van der Waals surface area contributed by atoms with Crippen molar-refractivity contribution < 1.29 is 68.2 Å². The van der Waals surface area contributed by atoms with Gasteiger partial charge in [-0.2, -0.15) is 0 Å². The van der Waals surface area contributed by atoms with Gasteiger partial charge in [-0.1, -0.05) is 97.9 Å². The van der Waals surface area contributed by atoms with E-state index in [2.05, 4.69) is 40.8 Å². The van der Waals surface area contributed by atoms with Crippen LogP contribution in [0.5, 0.6) is 0 Å². The first-order valence-corrected chi connectivity index (χ1v) is 11.1. The number of nitrogens with zero attached hydrogens (tertiary/aromatic N) is 8. The third kappa shape index (κ3) is 7.06. The van der Waals surface area contributed by atoms with Gasteiger partial charge in [-0.05, 0) is 39.0 Å². The van der Waals surface area contributed by atoms with Crippen LogP contribution in [-0.2, 0) is 10.3 Å². The fourth-order valence-electron chi connectivity index (χ4n) is 3.74. The standard InChI is InChI=1S/C21H16N4O2.C4H6N4O2.Li.Na/c26-20(27)19-22-24-25(23-19)21(16-10-4-1-5-11-16,17-12-6-2-7-13-17)18-14-8-3-9-15-18;1-2-10-4(9)3-5-7-8-6-3;;/h1-15H,(H,26,27);9H,2H2,1H3;;/q;;2*+1/p-2. The summed E-state index contributed by atoms with van der Waals surface area (Å²) in [6.07, 6.45) is 0. The van der Waals surface area contributed by atoms with Crippen LogP contribution < -0.4 is 58.6 Å². The van der Waals surface area contributed by atoms with Gasteiger partial charge < -0.3 is 19.7 Å². The number of hydrogen-bond donors (Lipinski definition) is 0. The van der Waals surface area contributed by atoms with E-state index in [4.69, 9.17) is 0 Å². The number of carboxylic acids is 1. The zero-order valence-corrected chi connectivity index (χ0v) is 23.6. The zero-order chi connectivity index (χ0) is 26.1. The van der Waals surface area contributed by atoms with E-state index in [1.807, 2.05) is 91.0 Å². The Kier molecular flexibility index (Phi) is 12.2. The molecule has 0 unspecified atom stereocenters. The fourth-order valence-corrected chi connectivity index (χ4v) is 3.74. The maximum atomic E-state index is 11.3. The van der Waals surface area contributed by atoms with E-state index >= 15 is 0 Å². The molecule has 4 aromatic rings. The SMILES string of the molecule is CCOC([O-])=C1N=NN=N1.O=C([O-])c1nnn(C(c2ccccc2)(c2ccccc2)c2ccccc2)n1.[Li+].[Na+]. The molecule has 0 radical (unpaired) electrons. The van der Waals surface area contributed by atoms with E-state index in [9.17, 15) is 15.0 Å². The van der Waals surface area contributed by atoms with Crippen molar-refractivity contribution in [2.24, 2.45) is 20.7 Å². The number of carbonyl (C=O) groups is 1. The smallest absolute Gasteiger partial charge is 0.611 e. The number of carboxylic acid groups (broad SMARTS) is 1. The summed E-state index contributed by atoms with van der Waals surface area (Å²) in [6, 6.07) is 29.1. The summed E-state index contributed by atoms with van der Waals surface area (Å²) in [6.45, 7) is 2.00. The molecule has 39 heavy (non-hydrogen) atoms. The van der Waals surface area contributed by atoms with Crippen LogP contribution in [0, 0.1) is 0 Å². The van der Waals surface area contributed by atoms with Crippen LogP contribution in [0.1, 0.15) is 34.2 Å². The van der Waals surface area contributed by atoms with Gasteiger partial charge in [0.15, 0.2) is 5.54 Å². The molecule has 1 aliphatic heterocycles. The Morgan fingerprint density at radius 3 is 1.62 bits per heavy atom. The van der Waals surface area contributed by atoms with Gasteiger partial charge in [-0.15, -0.1) is 25.2 Å². The Balaban J connectivity index is 0.000000379. The minimum absolute atomic E-state index is 0. The molecule has 12 nitrogen and oxygen atoms in total. The van der Waals surface area contributed by atoms with E-state index in [-0.39, 0.29) is 54.2 Å². The van der Waals surface area contributed by atoms with Gasteiger partial charge in [0.05, 0.1) is 0 Å². The summed E-state index contributed by atoms with van der Waals surface area (Å²) in [5, 5.41) is 46.7. The van der Waals surface area contributed by atoms with Crippen molar-refractivity contribution in [3.05, 3.63) is 125 Å². The van der Waals surface area contributed by atoms with Crippen LogP contribution in [-0.4, -0.2) is 32.8 Å². The summed E-state index contributed by atoms with van der Waals surface area (Å²) in [4.78, 5) is 12.6. The maximum absolute atomic E-state index is 11.3. The number of ether oxygens (including phenoxy) is 1. The minimum Gasteiger partial charge on any atom is -0.611 e. The molecule has 0 fully saturated rings. The predicted octanol–water partition coefficient (Wildman–Crippen LogP) is -3.77. The molecule has 2 heterocycles. The number of tetrazole rings is 1. The Morgan fingerprint density at radius 1 is 0.821 bits per heavy atom. The number of aromatic carboxylic acids is 1. The van der Waals surface area contributed by atoms with Crippen molar-refractivity contribution in [3.8, 4) is 0 Å². The molecule has 0 amide bonds. The normalized spacial score (nSPS) is 11.5. The molecular formula is C25H20LiN8NaO4. The van der Waals surface area contributed by atoms with Crippen LogP contribution in [0.2, 0.25) is 0 Å². The van der Waals surface area contributed by atoms with E-state index in [0.717, 1.165) is 16.7 Å². The van der Waals surface area contributed by atoms with Crippen molar-refractivity contribution in [1.29, 1.82) is 0 Å². The molecule has 0 saturated carbocycles. The van der Waals surface area contributed by atoms with Gasteiger partial charge in [0.2, 0.25) is 11.6 Å². The first-order valence-electron chi connectivity index (χ1n) is 11.1. The van der Waals surface area contributed by atoms with E-state index < -0.39 is 23.3 Å². The molecule has 3 aromatic carbocycles. The Hall–Kier alpha value is -3.66. The molecule has 5 rings (SSSR count). The second-order valence-electron chi connectivity index (χ2n) is 7.42. The van der Waals surface area contributed by atoms with Gasteiger partial charge in [0, 0.05) is 0 Å². The monoisotopic (exact) mass is 526 g/mol. The maximum Gasteiger partial charge on any atom is 1.00 e. The van der Waals surface area contributed by atoms with Crippen molar-refractivity contribution >= 4 is 5.97 Å². The fraction of sp³-hybridized carbons (Fsp3) is 0.120. The van der Waals surface area contributed by atoms with Crippen LogP contribution in [0.3, 0.4) is 0 Å². The summed E-state index contributed by atoms with van der Waals surface area (Å²) < 4.78 is 4.54. The Morgan fingerprint density at radius 2 is 1.26 bits per heavy atom. The molecule has 0 bridgehead atoms. The Bertz CT molecular complexity index is 1320. The average molecular weight is 526 g/mol. The van der Waals surface area contributed by atoms with Crippen LogP contribution >= 0.6 is 0 Å². The second kappa shape index (κ2) is 15.1. The van der Waals surface area contributed by atoms with Crippen LogP contribution in [0.15, 0.2) is 123 Å². The molecule has 0 aliphatic carbocycles. The van der Waals surface area contributed by atoms with Gasteiger partial charge >= 0.3 is 48.4 Å². The summed E-state index contributed by atoms with van der Waals surface area (Å²) >= 11 is 0. The van der Waals surface area contributed by atoms with Crippen molar-refractivity contribution in [3.63, 3.8) is 0 Å². The molecular weight excluding hydrogens is 506 g/mol. The summed E-state index contributed by atoms with van der Waals surface area (Å²) in [5.41, 5.74) is 1.66. The third-order valence-corrected chi connectivity index (χ3v) is 5.25. The molecule has 0 spiro atoms. The van der Waals surface area contributed by atoms with Crippen molar-refractivity contribution in [1.82, 2.24) is 20.2 Å². The van der Waals surface area contributed by atoms with Gasteiger partial charge in [-0.25, -0.2) is 0 Å². The Labute approximate surface area is 258 Å². The van der Waals surface area contributed by atoms with Gasteiger partial charge in [-0.3, -0.25) is 0 Å². The molecule has 0 N–H and O–H groups in total. The third-order valence-electron chi connectivity index (χ3n) is 5.25. The number of hydrogen-bond acceptors (Lipinski definition) is 11. The van der Waals surface area contributed by atoms with E-state index in [1.165, 1.54) is 4.80 Å². The quantitative estimate of drug-likeness (QED) is 0.135. The number of carbonyl (C=O) groups excluding carboxylic acids is 1. The number of aromatic nitrogens is 4. The summed E-state index contributed by atoms with van der Waals surface area (Å²) in [7, 11) is 0. The topological polar surface area (TPSA) is 165 Å². The van der Waals surface area contributed by atoms with Crippen LogP contribution in [0.25, 0.3) is 0 Å². The molecule has 0 saturated heterocycles. The second-order valence-corrected chi connectivity index (χ2v) is 7.42. The largest absolute Gasteiger partial charge is 1.00 e. The first kappa shape index (κ1) is 31.6. The number of rotatable bonds is 7. The molecule has 0 atom stereocenters. The number of benzene rings is 3. The first-order chi connectivity index (χ1) is 18.1. The zero-order valence-electron chi connectivity index (χ0n) is 21.6. The van der Waals surface area contributed by atoms with Crippen molar-refractivity contribution in [2.45, 2.75) is 12.5 Å². The van der Waals surface area contributed by atoms with Crippen LogP contribution in [0.4, 0.5) is 0 Å². The summed E-state index contributed by atoms with van der Waals surface area (Å²) in [5.74, 6) is -2.61. The predicted molar refractivity (Wildman–Crippen MR) is 125 cm³/mol. The van der Waals surface area contributed by atoms with Gasteiger partial charge in [0.25, 0.3) is 0 Å². The minimum atomic E-state index is -1.47.